The molecule has 1 aliphatic carbocycles. The molecule has 1 aliphatic rings. The van der Waals surface area contributed by atoms with Gasteiger partial charge in [0, 0.05) is 12.1 Å². The van der Waals surface area contributed by atoms with Crippen LogP contribution >= 0.6 is 0 Å². The highest BCUT2D eigenvalue weighted by Crippen LogP contribution is 2.20. The maximum Gasteiger partial charge on any atom is 0.0244 e. The average molecular weight is 212 g/mol. The van der Waals surface area contributed by atoms with E-state index in [2.05, 4.69) is 18.9 Å². The molecule has 0 aromatic carbocycles. The molecule has 2 atom stereocenters. The summed E-state index contributed by atoms with van der Waals surface area (Å²) < 4.78 is 0. The molecule has 0 heterocycles. The van der Waals surface area contributed by atoms with Gasteiger partial charge in [-0.2, -0.15) is 0 Å². The molecule has 0 aromatic rings. The molecule has 2 heteroatoms. The van der Waals surface area contributed by atoms with Crippen molar-refractivity contribution in [1.29, 1.82) is 0 Å². The molecule has 2 unspecified atom stereocenters. The molecule has 0 aliphatic heterocycles. The number of hydrogen-bond donors (Lipinski definition) is 1. The van der Waals surface area contributed by atoms with Crippen LogP contribution in [-0.2, 0) is 0 Å². The highest BCUT2D eigenvalue weighted by Gasteiger charge is 2.23. The molecule has 0 aromatic heterocycles. The first-order valence-corrected chi connectivity index (χ1v) is 6.71. The third-order valence-corrected chi connectivity index (χ3v) is 3.71. The fraction of sp³-hybridized carbons (Fsp3) is 1.00. The quantitative estimate of drug-likeness (QED) is 0.561. The molecule has 0 amide bonds. The molecule has 90 valence electrons. The Morgan fingerprint density at radius 2 is 1.87 bits per heavy atom. The number of nitrogens with zero attached hydrogens (tertiary/aromatic N) is 1. The van der Waals surface area contributed by atoms with Crippen molar-refractivity contribution < 1.29 is 0 Å². The third kappa shape index (κ3) is 4.52. The molecule has 1 rings (SSSR count). The van der Waals surface area contributed by atoms with Crippen LogP contribution in [0.25, 0.3) is 0 Å². The highest BCUT2D eigenvalue weighted by molar-refractivity contribution is 4.83. The number of hydrogen-bond acceptors (Lipinski definition) is 2. The Morgan fingerprint density at radius 1 is 1.13 bits per heavy atom. The van der Waals surface area contributed by atoms with E-state index in [1.165, 1.54) is 57.9 Å². The summed E-state index contributed by atoms with van der Waals surface area (Å²) in [6.07, 6.45) is 10.6. The zero-order chi connectivity index (χ0) is 11.1. The van der Waals surface area contributed by atoms with Gasteiger partial charge >= 0.3 is 0 Å². The molecule has 0 radical (unpaired) electrons. The smallest absolute Gasteiger partial charge is 0.0244 e. The molecule has 1 saturated carbocycles. The monoisotopic (exact) mass is 212 g/mol. The first-order valence-electron chi connectivity index (χ1n) is 6.71. The van der Waals surface area contributed by atoms with E-state index in [0.717, 1.165) is 0 Å². The molecular formula is C13H28N2. The van der Waals surface area contributed by atoms with E-state index in [0.29, 0.717) is 12.1 Å². The Balaban J connectivity index is 2.31. The van der Waals surface area contributed by atoms with Crippen molar-refractivity contribution in [2.75, 3.05) is 13.6 Å². The molecule has 1 fully saturated rings. The van der Waals surface area contributed by atoms with E-state index < -0.39 is 0 Å². The van der Waals surface area contributed by atoms with Crippen LogP contribution in [0.15, 0.2) is 0 Å². The second kappa shape index (κ2) is 7.24. The maximum atomic E-state index is 6.24. The Morgan fingerprint density at radius 3 is 2.60 bits per heavy atom. The fourth-order valence-corrected chi connectivity index (χ4v) is 2.64. The van der Waals surface area contributed by atoms with Crippen molar-refractivity contribution in [2.24, 2.45) is 5.73 Å². The van der Waals surface area contributed by atoms with Crippen molar-refractivity contribution in [3.8, 4) is 0 Å². The van der Waals surface area contributed by atoms with E-state index in [1.807, 2.05) is 0 Å². The lowest BCUT2D eigenvalue weighted by Crippen LogP contribution is -2.45. The van der Waals surface area contributed by atoms with Crippen LogP contribution < -0.4 is 5.73 Å². The number of nitrogens with two attached hydrogens (primary N) is 1. The van der Waals surface area contributed by atoms with Crippen LogP contribution in [0.3, 0.4) is 0 Å². The minimum absolute atomic E-state index is 0.416. The second-order valence-electron chi connectivity index (χ2n) is 5.06. The summed E-state index contributed by atoms with van der Waals surface area (Å²) in [5, 5.41) is 0. The standard InChI is InChI=1S/C13H28N2/c1-3-4-8-11-15(2)13-10-7-5-6-9-12(13)14/h12-13H,3-11,14H2,1-2H3. The predicted molar refractivity (Wildman–Crippen MR) is 67.0 cm³/mol. The van der Waals surface area contributed by atoms with Gasteiger partial charge < -0.3 is 10.6 Å². The average Bonchev–Trinajstić information content (AvgIpc) is 2.43. The SMILES string of the molecule is CCCCCN(C)C1CCCCCC1N. The zero-order valence-corrected chi connectivity index (χ0v) is 10.5. The van der Waals surface area contributed by atoms with Gasteiger partial charge in [0.05, 0.1) is 0 Å². The summed E-state index contributed by atoms with van der Waals surface area (Å²) >= 11 is 0. The van der Waals surface area contributed by atoms with E-state index in [4.69, 9.17) is 5.73 Å². The number of unbranched alkanes of at least 4 members (excludes halogenated alkanes) is 2. The van der Waals surface area contributed by atoms with Crippen LogP contribution in [0.5, 0.6) is 0 Å². The first-order chi connectivity index (χ1) is 7.25. The van der Waals surface area contributed by atoms with E-state index in [1.54, 1.807) is 0 Å². The Kier molecular flexibility index (Phi) is 6.26. The first kappa shape index (κ1) is 13.0. The third-order valence-electron chi connectivity index (χ3n) is 3.71. The van der Waals surface area contributed by atoms with Gasteiger partial charge in [-0.15, -0.1) is 0 Å². The molecule has 0 spiro atoms. The zero-order valence-electron chi connectivity index (χ0n) is 10.5. The Labute approximate surface area is 95.2 Å². The normalized spacial score (nSPS) is 28.0. The summed E-state index contributed by atoms with van der Waals surface area (Å²) in [7, 11) is 2.26. The van der Waals surface area contributed by atoms with Crippen LogP contribution in [0.2, 0.25) is 0 Å². The van der Waals surface area contributed by atoms with E-state index >= 15 is 0 Å². The maximum absolute atomic E-state index is 6.24. The van der Waals surface area contributed by atoms with Crippen LogP contribution in [0, 0.1) is 0 Å². The van der Waals surface area contributed by atoms with Crippen LogP contribution in [0.1, 0.15) is 58.3 Å². The minimum atomic E-state index is 0.416. The van der Waals surface area contributed by atoms with Crippen molar-refractivity contribution in [2.45, 2.75) is 70.4 Å². The van der Waals surface area contributed by atoms with Gasteiger partial charge in [0.1, 0.15) is 0 Å². The second-order valence-corrected chi connectivity index (χ2v) is 5.06. The van der Waals surface area contributed by atoms with Gasteiger partial charge in [0.25, 0.3) is 0 Å². The summed E-state index contributed by atoms with van der Waals surface area (Å²) in [6, 6.07) is 1.06. The summed E-state index contributed by atoms with van der Waals surface area (Å²) in [5.74, 6) is 0. The molecular weight excluding hydrogens is 184 g/mol. The summed E-state index contributed by atoms with van der Waals surface area (Å²) in [6.45, 7) is 3.49. The molecule has 0 bridgehead atoms. The Hall–Kier alpha value is -0.0800. The highest BCUT2D eigenvalue weighted by atomic mass is 15.1. The van der Waals surface area contributed by atoms with Gasteiger partial charge in [-0.3, -0.25) is 0 Å². The van der Waals surface area contributed by atoms with Crippen molar-refractivity contribution >= 4 is 0 Å². The topological polar surface area (TPSA) is 29.3 Å². The van der Waals surface area contributed by atoms with Crippen molar-refractivity contribution in [1.82, 2.24) is 4.90 Å². The predicted octanol–water partition coefficient (Wildman–Crippen LogP) is 2.77. The fourth-order valence-electron chi connectivity index (χ4n) is 2.64. The lowest BCUT2D eigenvalue weighted by molar-refractivity contribution is 0.197. The van der Waals surface area contributed by atoms with Gasteiger partial charge in [-0.25, -0.2) is 0 Å². The Bertz CT molecular complexity index is 159. The van der Waals surface area contributed by atoms with Crippen molar-refractivity contribution in [3.63, 3.8) is 0 Å². The lowest BCUT2D eigenvalue weighted by atomic mass is 10.0. The van der Waals surface area contributed by atoms with Crippen molar-refractivity contribution in [3.05, 3.63) is 0 Å². The number of likely N-dealkylation sites (N-methyl/N-ethyl adjacent to an activating group) is 1. The van der Waals surface area contributed by atoms with Gasteiger partial charge in [0.2, 0.25) is 0 Å². The molecule has 15 heavy (non-hydrogen) atoms. The molecule has 2 nitrogen and oxygen atoms in total. The van der Waals surface area contributed by atoms with Crippen LogP contribution in [-0.4, -0.2) is 30.6 Å². The molecule has 0 saturated heterocycles. The largest absolute Gasteiger partial charge is 0.326 e. The summed E-state index contributed by atoms with van der Waals surface area (Å²) in [4.78, 5) is 2.51. The lowest BCUT2D eigenvalue weighted by Gasteiger charge is -2.31. The van der Waals surface area contributed by atoms with Crippen LogP contribution in [0.4, 0.5) is 0 Å². The van der Waals surface area contributed by atoms with E-state index in [-0.39, 0.29) is 0 Å². The van der Waals surface area contributed by atoms with E-state index in [9.17, 15) is 0 Å². The van der Waals surface area contributed by atoms with Gasteiger partial charge in [-0.05, 0) is 32.9 Å². The molecule has 2 N–H and O–H groups in total. The number of rotatable bonds is 5. The van der Waals surface area contributed by atoms with Gasteiger partial charge in [-0.1, -0.05) is 39.0 Å². The minimum Gasteiger partial charge on any atom is -0.326 e. The summed E-state index contributed by atoms with van der Waals surface area (Å²) in [5.41, 5.74) is 6.24. The van der Waals surface area contributed by atoms with Gasteiger partial charge in [0.15, 0.2) is 0 Å².